The largest absolute Gasteiger partial charge is 0.384 e. The lowest BCUT2D eigenvalue weighted by atomic mass is 10.2. The Balaban J connectivity index is 1.68. The fourth-order valence-corrected chi connectivity index (χ4v) is 5.99. The minimum atomic E-state index is -0.660. The summed E-state index contributed by atoms with van der Waals surface area (Å²) in [5, 5.41) is 1.78. The monoisotopic (exact) mass is 445 g/mol. The number of hydrogen-bond donors (Lipinski definition) is 1. The van der Waals surface area contributed by atoms with Crippen molar-refractivity contribution in [3.8, 4) is 0 Å². The number of nitrogens with zero attached hydrogens (tertiary/aromatic N) is 4. The summed E-state index contributed by atoms with van der Waals surface area (Å²) in [6, 6.07) is 0. The van der Waals surface area contributed by atoms with Crippen LogP contribution in [0.1, 0.15) is 41.1 Å². The summed E-state index contributed by atoms with van der Waals surface area (Å²) in [6.07, 6.45) is 4.69. The van der Waals surface area contributed by atoms with E-state index < -0.39 is 17.0 Å². The predicted molar refractivity (Wildman–Crippen MR) is 120 cm³/mol. The number of Topliss-reactive ketones (excluding diaryl/α,β-unsaturated/α-hetero) is 1. The Morgan fingerprint density at radius 1 is 1.30 bits per heavy atom. The average molecular weight is 446 g/mol. The summed E-state index contributed by atoms with van der Waals surface area (Å²) in [7, 11) is 1.37. The smallest absolute Gasteiger partial charge is 0.332 e. The lowest BCUT2D eigenvalue weighted by Crippen LogP contribution is -2.43. The molecule has 1 aliphatic rings. The number of anilines is 1. The summed E-state index contributed by atoms with van der Waals surface area (Å²) in [5.41, 5.74) is 6.09. The number of ketones is 1. The topological polar surface area (TPSA) is 113 Å². The van der Waals surface area contributed by atoms with Gasteiger partial charge in [0.05, 0.1) is 5.75 Å². The van der Waals surface area contributed by atoms with Gasteiger partial charge in [-0.25, -0.2) is 14.8 Å². The van der Waals surface area contributed by atoms with E-state index in [1.807, 2.05) is 13.8 Å². The standard InChI is InChI=1S/C20H23N5O3S2/c1-10(2)7-25-16(21)15(19(27)24(3)20(25)28)12(26)8-29-17-14-11-5-4-6-13(11)30-18(14)23-9-22-17/h9-10H,4-8,21H2,1-3H3. The molecule has 0 aromatic carbocycles. The first-order valence-electron chi connectivity index (χ1n) is 9.80. The second kappa shape index (κ2) is 7.99. The second-order valence-electron chi connectivity index (χ2n) is 7.84. The molecule has 0 radical (unpaired) electrons. The van der Waals surface area contributed by atoms with Gasteiger partial charge in [0.1, 0.15) is 27.6 Å². The molecule has 0 fully saturated rings. The maximum atomic E-state index is 13.0. The van der Waals surface area contributed by atoms with Crippen LogP contribution < -0.4 is 17.0 Å². The molecular weight excluding hydrogens is 422 g/mol. The highest BCUT2D eigenvalue weighted by Crippen LogP contribution is 2.40. The number of aromatic nitrogens is 4. The van der Waals surface area contributed by atoms with Gasteiger partial charge in [0.15, 0.2) is 5.78 Å². The molecule has 0 amide bonds. The van der Waals surface area contributed by atoms with E-state index in [2.05, 4.69) is 9.97 Å². The van der Waals surface area contributed by atoms with Crippen LogP contribution >= 0.6 is 23.1 Å². The molecule has 8 nitrogen and oxygen atoms in total. The first kappa shape index (κ1) is 20.8. The third kappa shape index (κ3) is 3.47. The third-order valence-corrected chi connectivity index (χ3v) is 7.41. The quantitative estimate of drug-likeness (QED) is 0.352. The maximum absolute atomic E-state index is 13.0. The maximum Gasteiger partial charge on any atom is 0.332 e. The molecule has 3 aromatic rings. The molecule has 0 spiro atoms. The molecule has 3 heterocycles. The Morgan fingerprint density at radius 2 is 2.07 bits per heavy atom. The lowest BCUT2D eigenvalue weighted by Gasteiger charge is -2.16. The summed E-state index contributed by atoms with van der Waals surface area (Å²) in [4.78, 5) is 49.1. The van der Waals surface area contributed by atoms with Crippen LogP contribution in [0.15, 0.2) is 20.9 Å². The normalized spacial score (nSPS) is 13.3. The van der Waals surface area contributed by atoms with Gasteiger partial charge in [0.25, 0.3) is 5.56 Å². The van der Waals surface area contributed by atoms with Crippen LogP contribution in [0.5, 0.6) is 0 Å². The van der Waals surface area contributed by atoms with Gasteiger partial charge in [-0.3, -0.25) is 18.7 Å². The number of rotatable bonds is 6. The predicted octanol–water partition coefficient (Wildman–Crippen LogP) is 2.25. The SMILES string of the molecule is CC(C)Cn1c(N)c(C(=O)CSc2ncnc3sc4c(c23)CCC4)c(=O)n(C)c1=O. The van der Waals surface area contributed by atoms with Gasteiger partial charge >= 0.3 is 5.69 Å². The number of hydrogen-bond acceptors (Lipinski definition) is 8. The minimum absolute atomic E-state index is 0.00998. The fraction of sp³-hybridized carbons (Fsp3) is 0.450. The summed E-state index contributed by atoms with van der Waals surface area (Å²) in [6.45, 7) is 4.21. The van der Waals surface area contributed by atoms with Crippen LogP contribution in [0.4, 0.5) is 5.82 Å². The van der Waals surface area contributed by atoms with Crippen molar-refractivity contribution in [3.63, 3.8) is 0 Å². The molecule has 0 atom stereocenters. The highest BCUT2D eigenvalue weighted by molar-refractivity contribution is 8.00. The highest BCUT2D eigenvalue weighted by Gasteiger charge is 2.24. The number of nitrogen functional groups attached to an aromatic ring is 1. The fourth-order valence-electron chi connectivity index (χ4n) is 3.80. The van der Waals surface area contributed by atoms with E-state index in [9.17, 15) is 14.4 Å². The van der Waals surface area contributed by atoms with Crippen LogP contribution in [0, 0.1) is 5.92 Å². The van der Waals surface area contributed by atoms with Crippen molar-refractivity contribution in [1.29, 1.82) is 0 Å². The van der Waals surface area contributed by atoms with Crippen molar-refractivity contribution in [3.05, 3.63) is 43.2 Å². The zero-order chi connectivity index (χ0) is 21.6. The zero-order valence-corrected chi connectivity index (χ0v) is 18.7. The van der Waals surface area contributed by atoms with Crippen LogP contribution in [0.2, 0.25) is 0 Å². The molecule has 4 rings (SSSR count). The lowest BCUT2D eigenvalue weighted by molar-refractivity contribution is 0.102. The van der Waals surface area contributed by atoms with E-state index in [0.717, 1.165) is 39.1 Å². The number of aryl methyl sites for hydroxylation is 2. The number of carbonyl (C=O) groups is 1. The number of thioether (sulfide) groups is 1. The third-order valence-electron chi connectivity index (χ3n) is 5.22. The molecule has 10 heteroatoms. The average Bonchev–Trinajstić information content (AvgIpc) is 3.29. The van der Waals surface area contributed by atoms with Crippen molar-refractivity contribution in [1.82, 2.24) is 19.1 Å². The molecule has 0 aliphatic heterocycles. The molecule has 1 aliphatic carbocycles. The zero-order valence-electron chi connectivity index (χ0n) is 17.1. The van der Waals surface area contributed by atoms with E-state index in [-0.39, 0.29) is 23.1 Å². The van der Waals surface area contributed by atoms with Crippen molar-refractivity contribution in [2.45, 2.75) is 44.7 Å². The van der Waals surface area contributed by atoms with Gasteiger partial charge in [0, 0.05) is 23.9 Å². The second-order valence-corrected chi connectivity index (χ2v) is 9.89. The van der Waals surface area contributed by atoms with Crippen LogP contribution in [0.25, 0.3) is 10.2 Å². The Hall–Kier alpha value is -2.46. The van der Waals surface area contributed by atoms with Gasteiger partial charge in [-0.15, -0.1) is 11.3 Å². The summed E-state index contributed by atoms with van der Waals surface area (Å²) in [5.74, 6) is -0.327. The van der Waals surface area contributed by atoms with E-state index in [4.69, 9.17) is 5.73 Å². The molecule has 0 unspecified atom stereocenters. The van der Waals surface area contributed by atoms with Crippen LogP contribution in [-0.4, -0.2) is 30.6 Å². The molecule has 0 bridgehead atoms. The van der Waals surface area contributed by atoms with Gasteiger partial charge in [-0.2, -0.15) is 0 Å². The van der Waals surface area contributed by atoms with Crippen LogP contribution in [0.3, 0.4) is 0 Å². The molecule has 158 valence electrons. The van der Waals surface area contributed by atoms with Gasteiger partial charge < -0.3 is 5.73 Å². The van der Waals surface area contributed by atoms with Gasteiger partial charge in [-0.1, -0.05) is 25.6 Å². The van der Waals surface area contributed by atoms with Crippen molar-refractivity contribution >= 4 is 44.9 Å². The number of nitrogens with two attached hydrogens (primary N) is 1. The Labute approximate surface area is 181 Å². The number of thiophene rings is 1. The van der Waals surface area contributed by atoms with E-state index in [1.54, 1.807) is 11.3 Å². The van der Waals surface area contributed by atoms with E-state index in [0.29, 0.717) is 6.54 Å². The molecule has 30 heavy (non-hydrogen) atoms. The van der Waals surface area contributed by atoms with Crippen molar-refractivity contribution < 1.29 is 4.79 Å². The van der Waals surface area contributed by atoms with Crippen molar-refractivity contribution in [2.24, 2.45) is 13.0 Å². The molecule has 3 aromatic heterocycles. The summed E-state index contributed by atoms with van der Waals surface area (Å²) < 4.78 is 2.25. The number of carbonyl (C=O) groups excluding carboxylic acids is 1. The Bertz CT molecular complexity index is 1270. The Morgan fingerprint density at radius 3 is 2.80 bits per heavy atom. The van der Waals surface area contributed by atoms with Crippen molar-refractivity contribution in [2.75, 3.05) is 11.5 Å². The molecule has 0 saturated carbocycles. The molecular formula is C20H23N5O3S2. The van der Waals surface area contributed by atoms with Gasteiger partial charge in [0.2, 0.25) is 0 Å². The number of fused-ring (bicyclic) bond motifs is 3. The van der Waals surface area contributed by atoms with Crippen LogP contribution in [-0.2, 0) is 26.4 Å². The molecule has 0 saturated heterocycles. The minimum Gasteiger partial charge on any atom is -0.384 e. The van der Waals surface area contributed by atoms with E-state index in [1.165, 1.54) is 40.1 Å². The highest BCUT2D eigenvalue weighted by atomic mass is 32.2. The first-order chi connectivity index (χ1) is 14.3. The first-order valence-corrected chi connectivity index (χ1v) is 11.6. The Kier molecular flexibility index (Phi) is 5.54. The van der Waals surface area contributed by atoms with E-state index >= 15 is 0 Å². The molecule has 2 N–H and O–H groups in total. The summed E-state index contributed by atoms with van der Waals surface area (Å²) >= 11 is 2.97. The van der Waals surface area contributed by atoms with Gasteiger partial charge in [-0.05, 0) is 30.7 Å².